The molecule has 1 N–H and O–H groups in total. The van der Waals surface area contributed by atoms with Gasteiger partial charge in [0, 0.05) is 28.0 Å². The van der Waals surface area contributed by atoms with Crippen molar-refractivity contribution in [1.82, 2.24) is 14.9 Å². The SMILES string of the molecule is CSc1ccc(C2c3[nH]c4ccccc4c3CCN2C(=O)c2sc(C)nc2C)cc1. The fourth-order valence-electron chi connectivity index (χ4n) is 4.45. The normalized spacial score (nSPS) is 16.1. The quantitative estimate of drug-likeness (QED) is 0.419. The highest BCUT2D eigenvalue weighted by atomic mass is 32.2. The molecule has 1 aliphatic heterocycles. The number of aromatic nitrogens is 2. The molecule has 152 valence electrons. The Morgan fingerprint density at radius 3 is 2.63 bits per heavy atom. The number of rotatable bonds is 3. The zero-order valence-electron chi connectivity index (χ0n) is 17.2. The lowest BCUT2D eigenvalue weighted by Crippen LogP contribution is -2.40. The molecule has 4 nitrogen and oxygen atoms in total. The molecule has 1 aliphatic rings. The number of amides is 1. The molecule has 1 amide bonds. The first kappa shape index (κ1) is 19.4. The van der Waals surface area contributed by atoms with Crippen LogP contribution in [0.3, 0.4) is 0 Å². The molecule has 2 aromatic heterocycles. The number of benzene rings is 2. The summed E-state index contributed by atoms with van der Waals surface area (Å²) in [6, 6.07) is 16.9. The predicted octanol–water partition coefficient (Wildman–Crippen LogP) is 5.75. The second kappa shape index (κ2) is 7.60. The fraction of sp³-hybridized carbons (Fsp3) is 0.250. The van der Waals surface area contributed by atoms with Crippen molar-refractivity contribution in [3.63, 3.8) is 0 Å². The van der Waals surface area contributed by atoms with Crippen LogP contribution in [0.1, 0.15) is 43.2 Å². The average molecular weight is 434 g/mol. The molecular weight excluding hydrogens is 410 g/mol. The van der Waals surface area contributed by atoms with Crippen LogP contribution in [0.5, 0.6) is 0 Å². The van der Waals surface area contributed by atoms with E-state index in [1.165, 1.54) is 27.2 Å². The highest BCUT2D eigenvalue weighted by Gasteiger charge is 2.36. The van der Waals surface area contributed by atoms with E-state index in [0.717, 1.165) is 38.8 Å². The number of nitrogens with zero attached hydrogens (tertiary/aromatic N) is 2. The van der Waals surface area contributed by atoms with Gasteiger partial charge < -0.3 is 9.88 Å². The van der Waals surface area contributed by atoms with E-state index in [4.69, 9.17) is 0 Å². The van der Waals surface area contributed by atoms with Gasteiger partial charge in [0.15, 0.2) is 0 Å². The lowest BCUT2D eigenvalue weighted by Gasteiger charge is -2.36. The van der Waals surface area contributed by atoms with Crippen LogP contribution in [0, 0.1) is 13.8 Å². The summed E-state index contributed by atoms with van der Waals surface area (Å²) < 4.78 is 0. The summed E-state index contributed by atoms with van der Waals surface area (Å²) >= 11 is 3.22. The average Bonchev–Trinajstić information content (AvgIpc) is 3.31. The Kier molecular flexibility index (Phi) is 4.91. The van der Waals surface area contributed by atoms with Crippen molar-refractivity contribution in [1.29, 1.82) is 0 Å². The maximum Gasteiger partial charge on any atom is 0.266 e. The highest BCUT2D eigenvalue weighted by molar-refractivity contribution is 7.98. The number of H-pyrrole nitrogens is 1. The van der Waals surface area contributed by atoms with E-state index >= 15 is 0 Å². The van der Waals surface area contributed by atoms with E-state index in [-0.39, 0.29) is 11.9 Å². The summed E-state index contributed by atoms with van der Waals surface area (Å²) in [5, 5.41) is 2.19. The topological polar surface area (TPSA) is 49.0 Å². The highest BCUT2D eigenvalue weighted by Crippen LogP contribution is 2.40. The number of carbonyl (C=O) groups excluding carboxylic acids is 1. The maximum absolute atomic E-state index is 13.6. The van der Waals surface area contributed by atoms with Gasteiger partial charge in [-0.25, -0.2) is 4.98 Å². The van der Waals surface area contributed by atoms with E-state index in [2.05, 4.69) is 64.8 Å². The number of para-hydroxylation sites is 1. The largest absolute Gasteiger partial charge is 0.356 e. The zero-order chi connectivity index (χ0) is 20.8. The standard InChI is InChI=1S/C24H23N3OS2/c1-14-23(30-15(2)25-14)24(28)27-13-12-19-18-6-4-5-7-20(18)26-21(19)22(27)16-8-10-17(29-3)11-9-16/h4-11,22,26H,12-13H2,1-3H3. The molecule has 0 saturated heterocycles. The zero-order valence-corrected chi connectivity index (χ0v) is 18.9. The number of hydrogen-bond acceptors (Lipinski definition) is 4. The Bertz CT molecular complexity index is 1240. The van der Waals surface area contributed by atoms with Gasteiger partial charge >= 0.3 is 0 Å². The molecule has 1 atom stereocenters. The van der Waals surface area contributed by atoms with Crippen molar-refractivity contribution >= 4 is 39.9 Å². The van der Waals surface area contributed by atoms with Gasteiger partial charge in [-0.2, -0.15) is 0 Å². The van der Waals surface area contributed by atoms with Crippen molar-refractivity contribution in [2.45, 2.75) is 31.2 Å². The molecule has 0 radical (unpaired) electrons. The summed E-state index contributed by atoms with van der Waals surface area (Å²) in [4.78, 5) is 25.8. The van der Waals surface area contributed by atoms with Crippen molar-refractivity contribution in [3.05, 3.63) is 80.9 Å². The monoisotopic (exact) mass is 433 g/mol. The summed E-state index contributed by atoms with van der Waals surface area (Å²) in [5.74, 6) is 0.0707. The number of thioether (sulfide) groups is 1. The van der Waals surface area contributed by atoms with Crippen molar-refractivity contribution < 1.29 is 4.79 Å². The molecule has 0 bridgehead atoms. The number of fused-ring (bicyclic) bond motifs is 3. The molecule has 5 rings (SSSR count). The number of thiazole rings is 1. The molecule has 4 aromatic rings. The molecule has 2 aromatic carbocycles. The molecule has 0 fully saturated rings. The molecule has 6 heteroatoms. The number of nitrogens with one attached hydrogen (secondary N) is 1. The van der Waals surface area contributed by atoms with E-state index in [0.29, 0.717) is 6.54 Å². The van der Waals surface area contributed by atoms with E-state index < -0.39 is 0 Å². The first-order valence-electron chi connectivity index (χ1n) is 10.0. The number of hydrogen-bond donors (Lipinski definition) is 1. The summed E-state index contributed by atoms with van der Waals surface area (Å²) in [7, 11) is 0. The van der Waals surface area contributed by atoms with Crippen molar-refractivity contribution in [2.75, 3.05) is 12.8 Å². The summed E-state index contributed by atoms with van der Waals surface area (Å²) in [5.41, 5.74) is 5.54. The predicted molar refractivity (Wildman–Crippen MR) is 125 cm³/mol. The Labute approximate surface area is 184 Å². The van der Waals surface area contributed by atoms with Crippen LogP contribution in [-0.4, -0.2) is 33.6 Å². The third kappa shape index (κ3) is 3.15. The number of aryl methyl sites for hydroxylation is 2. The molecule has 30 heavy (non-hydrogen) atoms. The second-order valence-corrected chi connectivity index (χ2v) is 9.72. The van der Waals surface area contributed by atoms with Crippen LogP contribution in [0.4, 0.5) is 0 Å². The number of carbonyl (C=O) groups is 1. The van der Waals surface area contributed by atoms with Gasteiger partial charge in [-0.1, -0.05) is 30.3 Å². The molecular formula is C24H23N3OS2. The van der Waals surface area contributed by atoms with E-state index in [1.807, 2.05) is 18.7 Å². The lowest BCUT2D eigenvalue weighted by molar-refractivity contribution is 0.0696. The van der Waals surface area contributed by atoms with Gasteiger partial charge in [-0.3, -0.25) is 4.79 Å². The number of aromatic amines is 1. The Hall–Kier alpha value is -2.57. The first-order chi connectivity index (χ1) is 14.6. The minimum atomic E-state index is -0.133. The molecule has 1 unspecified atom stereocenters. The minimum Gasteiger partial charge on any atom is -0.356 e. The van der Waals surface area contributed by atoms with Crippen molar-refractivity contribution in [2.24, 2.45) is 0 Å². The molecule has 0 spiro atoms. The van der Waals surface area contributed by atoms with Crippen LogP contribution in [-0.2, 0) is 6.42 Å². The van der Waals surface area contributed by atoms with Crippen LogP contribution in [0.15, 0.2) is 53.4 Å². The third-order valence-corrected chi connectivity index (χ3v) is 7.63. The maximum atomic E-state index is 13.6. The van der Waals surface area contributed by atoms with Crippen LogP contribution in [0.2, 0.25) is 0 Å². The lowest BCUT2D eigenvalue weighted by atomic mass is 9.92. The van der Waals surface area contributed by atoms with Gasteiger partial charge in [0.05, 0.1) is 16.7 Å². The Morgan fingerprint density at radius 2 is 1.93 bits per heavy atom. The smallest absolute Gasteiger partial charge is 0.266 e. The Balaban J connectivity index is 1.66. The Morgan fingerprint density at radius 1 is 1.17 bits per heavy atom. The second-order valence-electron chi connectivity index (χ2n) is 7.63. The summed E-state index contributed by atoms with van der Waals surface area (Å²) in [6.45, 7) is 4.58. The minimum absolute atomic E-state index is 0.0707. The van der Waals surface area contributed by atoms with Gasteiger partial charge in [0.25, 0.3) is 5.91 Å². The van der Waals surface area contributed by atoms with Crippen LogP contribution in [0.25, 0.3) is 10.9 Å². The van der Waals surface area contributed by atoms with Gasteiger partial charge in [0.2, 0.25) is 0 Å². The molecule has 0 saturated carbocycles. The fourth-order valence-corrected chi connectivity index (χ4v) is 5.74. The van der Waals surface area contributed by atoms with E-state index in [9.17, 15) is 4.79 Å². The third-order valence-electron chi connectivity index (χ3n) is 5.82. The van der Waals surface area contributed by atoms with Gasteiger partial charge in [-0.05, 0) is 55.9 Å². The van der Waals surface area contributed by atoms with Crippen LogP contribution >= 0.6 is 23.1 Å². The summed E-state index contributed by atoms with van der Waals surface area (Å²) in [6.07, 6.45) is 2.93. The van der Waals surface area contributed by atoms with Crippen molar-refractivity contribution in [3.8, 4) is 0 Å². The first-order valence-corrected chi connectivity index (χ1v) is 12.1. The van der Waals surface area contributed by atoms with Gasteiger partial charge in [0.1, 0.15) is 4.88 Å². The molecule has 3 heterocycles. The molecule has 0 aliphatic carbocycles. The van der Waals surface area contributed by atoms with Gasteiger partial charge in [-0.15, -0.1) is 23.1 Å². The van der Waals surface area contributed by atoms with Crippen LogP contribution < -0.4 is 0 Å². The van der Waals surface area contributed by atoms with E-state index in [1.54, 1.807) is 11.8 Å².